The number of aromatic nitrogens is 1. The minimum absolute atomic E-state index is 0.152. The summed E-state index contributed by atoms with van der Waals surface area (Å²) in [4.78, 5) is 30.0. The van der Waals surface area contributed by atoms with Crippen molar-refractivity contribution >= 4 is 22.8 Å². The average Bonchev–Trinajstić information content (AvgIpc) is 3.33. The molecule has 1 atom stereocenters. The van der Waals surface area contributed by atoms with Crippen LogP contribution in [0.25, 0.3) is 10.9 Å². The lowest BCUT2D eigenvalue weighted by molar-refractivity contribution is -0.142. The molecule has 0 aliphatic rings. The summed E-state index contributed by atoms with van der Waals surface area (Å²) in [6.07, 6.45) is 1.96. The molecule has 178 valence electrons. The minimum atomic E-state index is -1.24. The van der Waals surface area contributed by atoms with Gasteiger partial charge in [-0.2, -0.15) is 0 Å². The number of carbonyl (C=O) groups is 2. The maximum Gasteiger partial charge on any atom is 0.326 e. The molecule has 4 aromatic carbocycles. The second-order valence-corrected chi connectivity index (χ2v) is 8.78. The highest BCUT2D eigenvalue weighted by atomic mass is 16.4. The summed E-state index contributed by atoms with van der Waals surface area (Å²) in [5, 5.41) is 14.0. The molecule has 5 heteroatoms. The van der Waals surface area contributed by atoms with Gasteiger partial charge in [-0.3, -0.25) is 4.79 Å². The van der Waals surface area contributed by atoms with E-state index in [9.17, 15) is 14.7 Å². The van der Waals surface area contributed by atoms with Gasteiger partial charge in [-0.1, -0.05) is 109 Å². The van der Waals surface area contributed by atoms with E-state index in [0.29, 0.717) is 0 Å². The molecule has 36 heavy (non-hydrogen) atoms. The summed E-state index contributed by atoms with van der Waals surface area (Å²) in [5.74, 6) is -1.48. The third-order valence-electron chi connectivity index (χ3n) is 6.66. The number of carbonyl (C=O) groups excluding carboxylic acids is 1. The topological polar surface area (TPSA) is 82.2 Å². The number of carboxylic acid groups (broad SMARTS) is 1. The number of hydrogen-bond acceptors (Lipinski definition) is 2. The Bertz CT molecular complexity index is 1380. The van der Waals surface area contributed by atoms with E-state index in [1.807, 2.05) is 121 Å². The standard InChI is InChI=1S/C31H26N2O3/c34-29(35)28(20-22-21-32-27-19-11-10-18-26(22)27)33-30(36)31(23-12-4-1-5-13-23,24-14-6-2-7-15-24)25-16-8-3-9-17-25/h1-19,21,28,32H,20H2,(H,33,36)(H,34,35)/t28-/m1/s1. The average molecular weight is 475 g/mol. The van der Waals surface area contributed by atoms with Gasteiger partial charge in [0.05, 0.1) is 0 Å². The smallest absolute Gasteiger partial charge is 0.326 e. The van der Waals surface area contributed by atoms with E-state index in [1.165, 1.54) is 0 Å². The van der Waals surface area contributed by atoms with E-state index in [2.05, 4.69) is 10.3 Å². The Balaban J connectivity index is 1.62. The van der Waals surface area contributed by atoms with Crippen LogP contribution in [-0.4, -0.2) is 28.0 Å². The maximum atomic E-state index is 14.4. The van der Waals surface area contributed by atoms with Crippen LogP contribution in [-0.2, 0) is 21.4 Å². The molecule has 5 rings (SSSR count). The number of benzene rings is 4. The van der Waals surface area contributed by atoms with Gasteiger partial charge >= 0.3 is 5.97 Å². The molecule has 0 saturated heterocycles. The van der Waals surface area contributed by atoms with Crippen molar-refractivity contribution in [2.24, 2.45) is 0 Å². The van der Waals surface area contributed by atoms with Crippen LogP contribution in [0.5, 0.6) is 0 Å². The highest BCUT2D eigenvalue weighted by molar-refractivity contribution is 5.98. The van der Waals surface area contributed by atoms with E-state index >= 15 is 0 Å². The highest BCUT2D eigenvalue weighted by Gasteiger charge is 2.45. The van der Waals surface area contributed by atoms with Gasteiger partial charge < -0.3 is 15.4 Å². The molecule has 0 saturated carbocycles. The van der Waals surface area contributed by atoms with Crippen molar-refractivity contribution in [1.82, 2.24) is 10.3 Å². The fourth-order valence-electron chi connectivity index (χ4n) is 4.94. The number of carboxylic acids is 1. The Morgan fingerprint density at radius 3 is 1.69 bits per heavy atom. The third kappa shape index (κ3) is 4.16. The largest absolute Gasteiger partial charge is 0.480 e. The minimum Gasteiger partial charge on any atom is -0.480 e. The zero-order chi connectivity index (χ0) is 25.0. The Hall–Kier alpha value is -4.64. The van der Waals surface area contributed by atoms with Gasteiger partial charge in [0.25, 0.3) is 0 Å². The fraction of sp³-hybridized carbons (Fsp3) is 0.0968. The molecule has 0 fully saturated rings. The molecule has 1 amide bonds. The van der Waals surface area contributed by atoms with Gasteiger partial charge in [-0.25, -0.2) is 4.79 Å². The predicted octanol–water partition coefficient (Wildman–Crippen LogP) is 5.31. The van der Waals surface area contributed by atoms with Crippen molar-refractivity contribution in [3.05, 3.63) is 144 Å². The Morgan fingerprint density at radius 1 is 0.722 bits per heavy atom. The molecular weight excluding hydrogens is 448 g/mol. The Labute approximate surface area is 209 Å². The second-order valence-electron chi connectivity index (χ2n) is 8.78. The molecule has 5 aromatic rings. The summed E-state index contributed by atoms with van der Waals surface area (Å²) in [5.41, 5.74) is 2.80. The monoisotopic (exact) mass is 474 g/mol. The highest BCUT2D eigenvalue weighted by Crippen LogP contribution is 2.39. The summed E-state index contributed by atoms with van der Waals surface area (Å²) < 4.78 is 0. The van der Waals surface area contributed by atoms with Crippen LogP contribution < -0.4 is 5.32 Å². The second kappa shape index (κ2) is 9.92. The van der Waals surface area contributed by atoms with Crippen molar-refractivity contribution in [3.8, 4) is 0 Å². The summed E-state index contributed by atoms with van der Waals surface area (Å²) in [7, 11) is 0. The molecular formula is C31H26N2O3. The van der Waals surface area contributed by atoms with E-state index in [4.69, 9.17) is 0 Å². The fourth-order valence-corrected chi connectivity index (χ4v) is 4.94. The number of H-pyrrole nitrogens is 1. The first kappa shape index (κ1) is 23.1. The lowest BCUT2D eigenvalue weighted by Gasteiger charge is -2.35. The van der Waals surface area contributed by atoms with Crippen LogP contribution in [0, 0.1) is 0 Å². The number of hydrogen-bond donors (Lipinski definition) is 3. The maximum absolute atomic E-state index is 14.4. The normalized spacial score (nSPS) is 12.2. The Kier molecular flexibility index (Phi) is 6.37. The molecule has 0 unspecified atom stereocenters. The van der Waals surface area contributed by atoms with Crippen molar-refractivity contribution in [3.63, 3.8) is 0 Å². The molecule has 3 N–H and O–H groups in total. The van der Waals surface area contributed by atoms with Gasteiger partial charge in [0, 0.05) is 23.5 Å². The number of amides is 1. The summed E-state index contributed by atoms with van der Waals surface area (Å²) in [6.45, 7) is 0. The van der Waals surface area contributed by atoms with Gasteiger partial charge in [0.2, 0.25) is 5.91 Å². The number of rotatable bonds is 8. The molecule has 0 aliphatic carbocycles. The number of fused-ring (bicyclic) bond motifs is 1. The molecule has 0 bridgehead atoms. The van der Waals surface area contributed by atoms with Crippen molar-refractivity contribution < 1.29 is 14.7 Å². The van der Waals surface area contributed by atoms with Crippen molar-refractivity contribution in [1.29, 1.82) is 0 Å². The van der Waals surface area contributed by atoms with E-state index in [-0.39, 0.29) is 6.42 Å². The van der Waals surface area contributed by atoms with E-state index in [0.717, 1.165) is 33.2 Å². The van der Waals surface area contributed by atoms with Crippen LogP contribution in [0.2, 0.25) is 0 Å². The van der Waals surface area contributed by atoms with Crippen LogP contribution in [0.1, 0.15) is 22.3 Å². The van der Waals surface area contributed by atoms with Crippen LogP contribution in [0.15, 0.2) is 121 Å². The van der Waals surface area contributed by atoms with Gasteiger partial charge in [-0.05, 0) is 28.3 Å². The van der Waals surface area contributed by atoms with Gasteiger partial charge in [-0.15, -0.1) is 0 Å². The number of aromatic amines is 1. The third-order valence-corrected chi connectivity index (χ3v) is 6.66. The van der Waals surface area contributed by atoms with Crippen LogP contribution in [0.4, 0.5) is 0 Å². The Morgan fingerprint density at radius 2 is 1.19 bits per heavy atom. The van der Waals surface area contributed by atoms with Gasteiger partial charge in [0.15, 0.2) is 0 Å². The quantitative estimate of drug-likeness (QED) is 0.267. The SMILES string of the molecule is O=C(O)[C@@H](Cc1c[nH]c2ccccc12)NC(=O)C(c1ccccc1)(c1ccccc1)c1ccccc1. The number of nitrogens with one attached hydrogen (secondary N) is 2. The first-order chi connectivity index (χ1) is 17.6. The predicted molar refractivity (Wildman–Crippen MR) is 141 cm³/mol. The lowest BCUT2D eigenvalue weighted by Crippen LogP contribution is -2.52. The molecule has 1 aromatic heterocycles. The molecule has 0 spiro atoms. The lowest BCUT2D eigenvalue weighted by atomic mass is 9.68. The zero-order valence-electron chi connectivity index (χ0n) is 19.6. The molecule has 0 aliphatic heterocycles. The van der Waals surface area contributed by atoms with Crippen LogP contribution in [0.3, 0.4) is 0 Å². The molecule has 1 heterocycles. The van der Waals surface area contributed by atoms with Gasteiger partial charge in [0.1, 0.15) is 11.5 Å². The number of para-hydroxylation sites is 1. The van der Waals surface area contributed by atoms with E-state index in [1.54, 1.807) is 0 Å². The molecule has 5 nitrogen and oxygen atoms in total. The first-order valence-corrected chi connectivity index (χ1v) is 11.9. The summed E-state index contributed by atoms with van der Waals surface area (Å²) in [6, 6.07) is 35.1. The van der Waals surface area contributed by atoms with Crippen molar-refractivity contribution in [2.45, 2.75) is 17.9 Å². The summed E-state index contributed by atoms with van der Waals surface area (Å²) >= 11 is 0. The zero-order valence-corrected chi connectivity index (χ0v) is 19.6. The van der Waals surface area contributed by atoms with Crippen LogP contribution >= 0.6 is 0 Å². The van der Waals surface area contributed by atoms with E-state index < -0.39 is 23.3 Å². The van der Waals surface area contributed by atoms with Crippen molar-refractivity contribution in [2.75, 3.05) is 0 Å². The first-order valence-electron chi connectivity index (χ1n) is 11.9. The molecule has 0 radical (unpaired) electrons. The number of aliphatic carboxylic acids is 1.